The van der Waals surface area contributed by atoms with E-state index in [1.54, 1.807) is 12.1 Å². The second-order valence-corrected chi connectivity index (χ2v) is 6.95. The maximum absolute atomic E-state index is 11.5. The summed E-state index contributed by atoms with van der Waals surface area (Å²) < 4.78 is 11.2. The van der Waals surface area contributed by atoms with E-state index in [0.29, 0.717) is 6.42 Å². The first-order valence-corrected chi connectivity index (χ1v) is 9.07. The normalized spacial score (nSPS) is 20.4. The van der Waals surface area contributed by atoms with Gasteiger partial charge in [0.1, 0.15) is 5.75 Å². The molecule has 0 radical (unpaired) electrons. The van der Waals surface area contributed by atoms with Gasteiger partial charge in [0, 0.05) is 23.6 Å². The summed E-state index contributed by atoms with van der Waals surface area (Å²) >= 11 is 0. The summed E-state index contributed by atoms with van der Waals surface area (Å²) in [5.74, 6) is -1.40. The minimum absolute atomic E-state index is 0.0134. The van der Waals surface area contributed by atoms with Gasteiger partial charge in [0.25, 0.3) is 0 Å². The number of aromatic hydroxyl groups is 1. The van der Waals surface area contributed by atoms with Gasteiger partial charge >= 0.3 is 7.75 Å². The summed E-state index contributed by atoms with van der Waals surface area (Å²) in [4.78, 5) is 29.7. The number of benzene rings is 1. The summed E-state index contributed by atoms with van der Waals surface area (Å²) in [5, 5.41) is 22.1. The van der Waals surface area contributed by atoms with Crippen LogP contribution in [0.2, 0.25) is 0 Å². The average Bonchev–Trinajstić information content (AvgIpc) is 2.48. The Hall–Kier alpha value is -1.92. The van der Waals surface area contributed by atoms with Crippen LogP contribution in [0.15, 0.2) is 48.2 Å². The number of nitrogens with one attached hydrogen (secondary N) is 1. The second-order valence-electron chi connectivity index (χ2n) is 5.64. The van der Waals surface area contributed by atoms with Crippen molar-refractivity contribution >= 4 is 13.5 Å². The van der Waals surface area contributed by atoms with Gasteiger partial charge in [0.2, 0.25) is 0 Å². The van der Waals surface area contributed by atoms with E-state index in [9.17, 15) is 19.6 Å². The molecule has 0 fully saturated rings. The standard InChI is InChI=1S/C16H20NO6P/c1-2-13(10-3-5-11(18)6-4-10)16(20)14-8-7-12(19)9-15(14)17-24(21,22)23/h3-9,13-14,16,18,20H,2H2,1H3,(H3,17,21,22,23). The fourth-order valence-electron chi connectivity index (χ4n) is 2.82. The third kappa shape index (κ3) is 4.55. The van der Waals surface area contributed by atoms with Crippen molar-refractivity contribution in [1.29, 1.82) is 0 Å². The molecule has 0 heterocycles. The molecular formula is C16H20NO6P. The number of ketones is 1. The van der Waals surface area contributed by atoms with Crippen molar-refractivity contribution in [3.63, 3.8) is 0 Å². The van der Waals surface area contributed by atoms with Crippen molar-refractivity contribution in [2.24, 2.45) is 5.92 Å². The summed E-state index contributed by atoms with van der Waals surface area (Å²) in [5.41, 5.74) is 0.768. The number of aliphatic hydroxyl groups is 1. The Balaban J connectivity index is 2.30. The number of carbonyl (C=O) groups is 1. The fraction of sp³-hybridized carbons (Fsp3) is 0.312. The Bertz CT molecular complexity index is 706. The van der Waals surface area contributed by atoms with Gasteiger partial charge in [0.15, 0.2) is 5.78 Å². The van der Waals surface area contributed by atoms with Crippen LogP contribution in [0.5, 0.6) is 5.75 Å². The van der Waals surface area contributed by atoms with E-state index in [1.165, 1.54) is 24.3 Å². The van der Waals surface area contributed by atoms with E-state index in [0.717, 1.165) is 11.6 Å². The van der Waals surface area contributed by atoms with Gasteiger partial charge in [-0.3, -0.25) is 9.88 Å². The van der Waals surface area contributed by atoms with E-state index in [4.69, 9.17) is 9.79 Å². The predicted octanol–water partition coefficient (Wildman–Crippen LogP) is 1.57. The van der Waals surface area contributed by atoms with E-state index >= 15 is 0 Å². The molecule has 1 aromatic rings. The number of aliphatic hydroxyl groups excluding tert-OH is 1. The SMILES string of the molecule is CCC(c1ccc(O)cc1)C(O)C1C=CC(=O)C=C1NP(=O)(O)O. The molecule has 130 valence electrons. The first kappa shape index (κ1) is 18.4. The molecule has 1 aliphatic carbocycles. The van der Waals surface area contributed by atoms with Gasteiger partial charge in [0.05, 0.1) is 6.10 Å². The Morgan fingerprint density at radius 1 is 1.25 bits per heavy atom. The maximum atomic E-state index is 11.5. The summed E-state index contributed by atoms with van der Waals surface area (Å²) in [6.45, 7) is 1.87. The zero-order valence-corrected chi connectivity index (χ0v) is 13.9. The Morgan fingerprint density at radius 3 is 2.42 bits per heavy atom. The maximum Gasteiger partial charge on any atom is 0.427 e. The van der Waals surface area contributed by atoms with Crippen LogP contribution in [0.3, 0.4) is 0 Å². The number of phenols is 1. The number of allylic oxidation sites excluding steroid dienone is 2. The molecule has 7 nitrogen and oxygen atoms in total. The number of hydrogen-bond acceptors (Lipinski definition) is 4. The molecule has 1 aromatic carbocycles. The highest BCUT2D eigenvalue weighted by Crippen LogP contribution is 2.37. The van der Waals surface area contributed by atoms with Gasteiger partial charge in [-0.05, 0) is 30.2 Å². The lowest BCUT2D eigenvalue weighted by molar-refractivity contribution is -0.110. The second kappa shape index (κ2) is 7.32. The van der Waals surface area contributed by atoms with Gasteiger partial charge in [-0.2, -0.15) is 0 Å². The number of phenolic OH excluding ortho intramolecular Hbond substituents is 1. The summed E-state index contributed by atoms with van der Waals surface area (Å²) in [6.07, 6.45) is 3.34. The van der Waals surface area contributed by atoms with Gasteiger partial charge in [-0.1, -0.05) is 25.1 Å². The molecule has 8 heteroatoms. The zero-order valence-electron chi connectivity index (χ0n) is 13.0. The first-order valence-electron chi connectivity index (χ1n) is 7.46. The molecule has 3 atom stereocenters. The fourth-order valence-corrected chi connectivity index (χ4v) is 3.37. The average molecular weight is 353 g/mol. The minimum atomic E-state index is -4.60. The van der Waals surface area contributed by atoms with E-state index in [2.05, 4.69) is 0 Å². The Morgan fingerprint density at radius 2 is 1.88 bits per heavy atom. The van der Waals surface area contributed by atoms with Crippen LogP contribution < -0.4 is 5.09 Å². The van der Waals surface area contributed by atoms with Crippen LogP contribution >= 0.6 is 7.75 Å². The highest BCUT2D eigenvalue weighted by molar-refractivity contribution is 7.49. The van der Waals surface area contributed by atoms with Crippen molar-refractivity contribution < 1.29 is 29.4 Å². The van der Waals surface area contributed by atoms with Crippen LogP contribution in [0.25, 0.3) is 0 Å². The molecule has 5 N–H and O–H groups in total. The molecular weight excluding hydrogens is 333 g/mol. The van der Waals surface area contributed by atoms with Gasteiger partial charge < -0.3 is 20.0 Å². The third-order valence-corrected chi connectivity index (χ3v) is 4.49. The monoisotopic (exact) mass is 353 g/mol. The zero-order chi connectivity index (χ0) is 17.9. The largest absolute Gasteiger partial charge is 0.508 e. The molecule has 1 aliphatic rings. The molecule has 0 amide bonds. The quantitative estimate of drug-likeness (QED) is 0.491. The van der Waals surface area contributed by atoms with Crippen LogP contribution in [0, 0.1) is 5.92 Å². The molecule has 24 heavy (non-hydrogen) atoms. The van der Waals surface area contributed by atoms with Crippen LogP contribution in [0.1, 0.15) is 24.8 Å². The number of hydrogen-bond donors (Lipinski definition) is 5. The summed E-state index contributed by atoms with van der Waals surface area (Å²) in [7, 11) is -4.60. The van der Waals surface area contributed by atoms with Crippen molar-refractivity contribution in [2.45, 2.75) is 25.4 Å². The number of rotatable bonds is 6. The van der Waals surface area contributed by atoms with E-state index in [1.807, 2.05) is 12.0 Å². The Labute approximate surface area is 139 Å². The van der Waals surface area contributed by atoms with Crippen molar-refractivity contribution in [2.75, 3.05) is 0 Å². The van der Waals surface area contributed by atoms with Crippen molar-refractivity contribution in [3.8, 4) is 5.75 Å². The summed E-state index contributed by atoms with van der Waals surface area (Å²) in [6, 6.07) is 6.39. The molecule has 0 bridgehead atoms. The smallest absolute Gasteiger partial charge is 0.427 e. The predicted molar refractivity (Wildman–Crippen MR) is 88.0 cm³/mol. The van der Waals surface area contributed by atoms with Crippen LogP contribution in [0.4, 0.5) is 0 Å². The number of carbonyl (C=O) groups excluding carboxylic acids is 1. The first-order chi connectivity index (χ1) is 11.2. The molecule has 0 saturated carbocycles. The Kier molecular flexibility index (Phi) is 5.62. The third-order valence-electron chi connectivity index (χ3n) is 3.94. The molecule has 2 rings (SSSR count). The van der Waals surface area contributed by atoms with Crippen molar-refractivity contribution in [1.82, 2.24) is 5.09 Å². The van der Waals surface area contributed by atoms with Gasteiger partial charge in [-0.15, -0.1) is 0 Å². The lowest BCUT2D eigenvalue weighted by atomic mass is 9.81. The highest BCUT2D eigenvalue weighted by Gasteiger charge is 2.33. The minimum Gasteiger partial charge on any atom is -0.508 e. The van der Waals surface area contributed by atoms with Gasteiger partial charge in [-0.25, -0.2) is 4.57 Å². The highest BCUT2D eigenvalue weighted by atomic mass is 31.2. The topological polar surface area (TPSA) is 127 Å². The molecule has 0 aromatic heterocycles. The van der Waals surface area contributed by atoms with E-state index < -0.39 is 25.6 Å². The molecule has 0 spiro atoms. The lowest BCUT2D eigenvalue weighted by Crippen LogP contribution is -2.33. The van der Waals surface area contributed by atoms with E-state index in [-0.39, 0.29) is 17.4 Å². The lowest BCUT2D eigenvalue weighted by Gasteiger charge is -2.31. The van der Waals surface area contributed by atoms with Crippen LogP contribution in [-0.4, -0.2) is 31.9 Å². The van der Waals surface area contributed by atoms with Crippen molar-refractivity contribution in [3.05, 3.63) is 53.8 Å². The molecule has 0 aliphatic heterocycles. The van der Waals surface area contributed by atoms with Crippen LogP contribution in [-0.2, 0) is 9.36 Å². The molecule has 3 unspecified atom stereocenters. The molecule has 0 saturated heterocycles.